The second kappa shape index (κ2) is 6.14. The molecule has 19 heavy (non-hydrogen) atoms. The first-order chi connectivity index (χ1) is 8.82. The molecule has 1 aromatic carbocycles. The minimum absolute atomic E-state index is 0.226. The van der Waals surface area contributed by atoms with Crippen LogP contribution in [0.15, 0.2) is 18.2 Å². The van der Waals surface area contributed by atoms with E-state index in [2.05, 4.69) is 0 Å². The number of nitrogens with zero attached hydrogens (tertiary/aromatic N) is 3. The molecule has 0 saturated heterocycles. The van der Waals surface area contributed by atoms with Crippen molar-refractivity contribution in [2.45, 2.75) is 0 Å². The third-order valence-corrected chi connectivity index (χ3v) is 2.65. The van der Waals surface area contributed by atoms with Crippen molar-refractivity contribution in [3.8, 4) is 5.75 Å². The Labute approximate surface area is 111 Å². The zero-order valence-electron chi connectivity index (χ0n) is 11.2. The van der Waals surface area contributed by atoms with Crippen LogP contribution in [0.1, 0.15) is 10.4 Å². The van der Waals surface area contributed by atoms with Crippen LogP contribution in [0.2, 0.25) is 0 Å². The zero-order chi connectivity index (χ0) is 14.6. The predicted molar refractivity (Wildman–Crippen MR) is 70.3 cm³/mol. The first-order valence-electron chi connectivity index (χ1n) is 5.70. The standard InChI is InChI=1S/C12H17N3O4/c1-13(2)6-7-14(3)12(17)9-4-5-10(15(18)19)11(16)8-9/h4-5,8,16H,6-7H2,1-3H3. The second-order valence-electron chi connectivity index (χ2n) is 4.49. The summed E-state index contributed by atoms with van der Waals surface area (Å²) in [6.45, 7) is 1.24. The number of phenolic OH excluding ortho intramolecular Hbond substituents is 1. The molecule has 0 bridgehead atoms. The van der Waals surface area contributed by atoms with Crippen LogP contribution in [-0.4, -0.2) is 60.0 Å². The Kier molecular flexibility index (Phi) is 4.82. The molecule has 0 atom stereocenters. The van der Waals surface area contributed by atoms with Gasteiger partial charge >= 0.3 is 5.69 Å². The third-order valence-electron chi connectivity index (χ3n) is 2.65. The van der Waals surface area contributed by atoms with Crippen LogP contribution in [0.25, 0.3) is 0 Å². The third kappa shape index (κ3) is 3.92. The Morgan fingerprint density at radius 3 is 2.42 bits per heavy atom. The highest BCUT2D eigenvalue weighted by molar-refractivity contribution is 5.94. The number of benzene rings is 1. The monoisotopic (exact) mass is 267 g/mol. The van der Waals surface area contributed by atoms with Gasteiger partial charge in [-0.25, -0.2) is 0 Å². The van der Waals surface area contributed by atoms with Crippen molar-refractivity contribution >= 4 is 11.6 Å². The Morgan fingerprint density at radius 1 is 1.32 bits per heavy atom. The lowest BCUT2D eigenvalue weighted by atomic mass is 10.1. The summed E-state index contributed by atoms with van der Waals surface area (Å²) in [5, 5.41) is 20.0. The number of amides is 1. The lowest BCUT2D eigenvalue weighted by Crippen LogP contribution is -2.33. The minimum Gasteiger partial charge on any atom is -0.502 e. The van der Waals surface area contributed by atoms with Crippen LogP contribution in [0.3, 0.4) is 0 Å². The summed E-state index contributed by atoms with van der Waals surface area (Å²) in [5.41, 5.74) is -0.183. The van der Waals surface area contributed by atoms with Crippen molar-refractivity contribution in [3.05, 3.63) is 33.9 Å². The van der Waals surface area contributed by atoms with Gasteiger partial charge in [0.05, 0.1) is 4.92 Å². The van der Waals surface area contributed by atoms with E-state index in [-0.39, 0.29) is 11.5 Å². The fourth-order valence-electron chi connectivity index (χ4n) is 1.48. The lowest BCUT2D eigenvalue weighted by Gasteiger charge is -2.19. The minimum atomic E-state index is -0.695. The molecule has 7 heteroatoms. The summed E-state index contributed by atoms with van der Waals surface area (Å²) in [6, 6.07) is 3.58. The summed E-state index contributed by atoms with van der Waals surface area (Å²) >= 11 is 0. The van der Waals surface area contributed by atoms with Gasteiger partial charge in [-0.15, -0.1) is 0 Å². The maximum atomic E-state index is 12.0. The summed E-state index contributed by atoms with van der Waals surface area (Å²) < 4.78 is 0. The number of rotatable bonds is 5. The van der Waals surface area contributed by atoms with E-state index < -0.39 is 16.4 Å². The number of carbonyl (C=O) groups is 1. The van der Waals surface area contributed by atoms with E-state index >= 15 is 0 Å². The van der Waals surface area contributed by atoms with Crippen LogP contribution in [0, 0.1) is 10.1 Å². The van der Waals surface area contributed by atoms with Crippen molar-refractivity contribution < 1.29 is 14.8 Å². The van der Waals surface area contributed by atoms with E-state index in [1.165, 1.54) is 11.0 Å². The molecule has 0 spiro atoms. The molecule has 0 unspecified atom stereocenters. The average molecular weight is 267 g/mol. The largest absolute Gasteiger partial charge is 0.502 e. The topological polar surface area (TPSA) is 86.9 Å². The molecule has 0 radical (unpaired) electrons. The summed E-state index contributed by atoms with van der Waals surface area (Å²) in [7, 11) is 5.44. The van der Waals surface area contributed by atoms with Gasteiger partial charge in [-0.3, -0.25) is 14.9 Å². The fourth-order valence-corrected chi connectivity index (χ4v) is 1.48. The van der Waals surface area contributed by atoms with Gasteiger partial charge in [-0.1, -0.05) is 0 Å². The van der Waals surface area contributed by atoms with E-state index in [0.717, 1.165) is 12.1 Å². The zero-order valence-corrected chi connectivity index (χ0v) is 11.2. The van der Waals surface area contributed by atoms with E-state index in [1.54, 1.807) is 7.05 Å². The number of likely N-dealkylation sites (N-methyl/N-ethyl adjacent to an activating group) is 2. The molecule has 1 rings (SSSR count). The van der Waals surface area contributed by atoms with Crippen molar-refractivity contribution in [1.82, 2.24) is 9.80 Å². The molecule has 1 amide bonds. The molecule has 0 aliphatic carbocycles. The van der Waals surface area contributed by atoms with Crippen LogP contribution in [0.4, 0.5) is 5.69 Å². The SMILES string of the molecule is CN(C)CCN(C)C(=O)c1ccc([N+](=O)[O-])c(O)c1. The number of phenols is 1. The molecular weight excluding hydrogens is 250 g/mol. The Balaban J connectivity index is 2.83. The van der Waals surface area contributed by atoms with Gasteiger partial charge in [0.25, 0.3) is 5.91 Å². The Bertz CT molecular complexity index is 488. The van der Waals surface area contributed by atoms with E-state index in [4.69, 9.17) is 0 Å². The fraction of sp³-hybridized carbons (Fsp3) is 0.417. The van der Waals surface area contributed by atoms with Crippen molar-refractivity contribution in [2.24, 2.45) is 0 Å². The van der Waals surface area contributed by atoms with Gasteiger partial charge in [0.1, 0.15) is 0 Å². The van der Waals surface area contributed by atoms with Gasteiger partial charge in [0.15, 0.2) is 5.75 Å². The summed E-state index contributed by atoms with van der Waals surface area (Å²) in [4.78, 5) is 25.3. The maximum Gasteiger partial charge on any atom is 0.310 e. The lowest BCUT2D eigenvalue weighted by molar-refractivity contribution is -0.385. The molecule has 0 aliphatic rings. The molecule has 0 heterocycles. The number of aromatic hydroxyl groups is 1. The first-order valence-corrected chi connectivity index (χ1v) is 5.70. The van der Waals surface area contributed by atoms with Gasteiger partial charge in [0, 0.05) is 31.8 Å². The highest BCUT2D eigenvalue weighted by Crippen LogP contribution is 2.26. The molecule has 0 fully saturated rings. The van der Waals surface area contributed by atoms with Crippen molar-refractivity contribution in [2.75, 3.05) is 34.2 Å². The quantitative estimate of drug-likeness (QED) is 0.633. The number of hydrogen-bond donors (Lipinski definition) is 1. The predicted octanol–water partition coefficient (Wildman–Crippen LogP) is 0.934. The Hall–Kier alpha value is -2.15. The van der Waals surface area contributed by atoms with Crippen LogP contribution in [0.5, 0.6) is 5.75 Å². The highest BCUT2D eigenvalue weighted by Gasteiger charge is 2.18. The normalized spacial score (nSPS) is 10.5. The van der Waals surface area contributed by atoms with Crippen LogP contribution < -0.4 is 0 Å². The summed E-state index contributed by atoms with van der Waals surface area (Å²) in [6.07, 6.45) is 0. The van der Waals surface area contributed by atoms with Gasteiger partial charge in [-0.05, 0) is 26.2 Å². The molecule has 0 saturated carbocycles. The number of nitro groups is 1. The van der Waals surface area contributed by atoms with Crippen molar-refractivity contribution in [3.63, 3.8) is 0 Å². The van der Waals surface area contributed by atoms with Gasteiger partial charge in [-0.2, -0.15) is 0 Å². The van der Waals surface area contributed by atoms with Crippen LogP contribution in [-0.2, 0) is 0 Å². The van der Waals surface area contributed by atoms with E-state index in [1.807, 2.05) is 19.0 Å². The molecule has 1 N–H and O–H groups in total. The summed E-state index contributed by atoms with van der Waals surface area (Å²) in [5.74, 6) is -0.788. The average Bonchev–Trinajstić information content (AvgIpc) is 2.34. The number of hydrogen-bond acceptors (Lipinski definition) is 5. The molecule has 104 valence electrons. The molecule has 1 aromatic rings. The second-order valence-corrected chi connectivity index (χ2v) is 4.49. The van der Waals surface area contributed by atoms with Gasteiger partial charge in [0.2, 0.25) is 0 Å². The Morgan fingerprint density at radius 2 is 1.95 bits per heavy atom. The molecular formula is C12H17N3O4. The van der Waals surface area contributed by atoms with E-state index in [9.17, 15) is 20.0 Å². The van der Waals surface area contributed by atoms with Gasteiger partial charge < -0.3 is 14.9 Å². The molecule has 7 nitrogen and oxygen atoms in total. The number of carbonyl (C=O) groups excluding carboxylic acids is 1. The first kappa shape index (κ1) is 14.9. The maximum absolute atomic E-state index is 12.0. The molecule has 0 aliphatic heterocycles. The highest BCUT2D eigenvalue weighted by atomic mass is 16.6. The number of nitro benzene ring substituents is 1. The molecule has 0 aromatic heterocycles. The van der Waals surface area contributed by atoms with Crippen molar-refractivity contribution in [1.29, 1.82) is 0 Å². The van der Waals surface area contributed by atoms with Crippen LogP contribution >= 0.6 is 0 Å². The van der Waals surface area contributed by atoms with E-state index in [0.29, 0.717) is 13.1 Å². The smallest absolute Gasteiger partial charge is 0.310 e.